The number of ether oxygens (including phenoxy) is 1. The van der Waals surface area contributed by atoms with Crippen molar-refractivity contribution in [2.75, 3.05) is 20.2 Å². The fraction of sp³-hybridized carbons (Fsp3) is 0.500. The van der Waals surface area contributed by atoms with E-state index in [4.69, 9.17) is 4.74 Å². The molecule has 0 unspecified atom stereocenters. The van der Waals surface area contributed by atoms with E-state index in [9.17, 15) is 9.59 Å². The van der Waals surface area contributed by atoms with Crippen molar-refractivity contribution < 1.29 is 14.3 Å². The molecule has 1 aromatic rings. The first kappa shape index (κ1) is 15.2. The molecule has 1 saturated heterocycles. The minimum absolute atomic E-state index is 0.0200. The van der Waals surface area contributed by atoms with E-state index in [-0.39, 0.29) is 17.9 Å². The molecule has 0 N–H and O–H groups in total. The summed E-state index contributed by atoms with van der Waals surface area (Å²) in [6.07, 6.45) is 2.64. The summed E-state index contributed by atoms with van der Waals surface area (Å²) >= 11 is 1.75. The average Bonchev–Trinajstić information content (AvgIpc) is 3.18. The molecular weight excluding hydrogens is 300 g/mol. The number of likely N-dealkylation sites (tertiary alicyclic amines) is 1. The molecule has 0 bridgehead atoms. The number of amides is 2. The predicted octanol–water partition coefficient (Wildman–Crippen LogP) is 1.43. The first-order chi connectivity index (χ1) is 10.6. The molecule has 1 fully saturated rings. The number of nitrogens with zero attached hydrogens (tertiary/aromatic N) is 2. The fourth-order valence-electron chi connectivity index (χ4n) is 3.21. The summed E-state index contributed by atoms with van der Waals surface area (Å²) < 4.78 is 5.35. The smallest absolute Gasteiger partial charge is 0.246 e. The van der Waals surface area contributed by atoms with Crippen molar-refractivity contribution in [2.24, 2.45) is 0 Å². The standard InChI is InChI=1S/C16H20N2O3S/c1-3-15(19)18-10-12(21-2)8-13(18)16(20)17-6-4-14-11(9-17)5-7-22-14/h3,5,7,12-13H,1,4,6,8-10H2,2H3/t12-,13-/m0/s1. The summed E-state index contributed by atoms with van der Waals surface area (Å²) in [6.45, 7) is 5.34. The van der Waals surface area contributed by atoms with E-state index in [1.54, 1.807) is 23.3 Å². The van der Waals surface area contributed by atoms with Crippen molar-refractivity contribution in [1.82, 2.24) is 9.80 Å². The highest BCUT2D eigenvalue weighted by Crippen LogP contribution is 2.27. The zero-order valence-electron chi connectivity index (χ0n) is 12.7. The molecule has 5 nitrogen and oxygen atoms in total. The van der Waals surface area contributed by atoms with Gasteiger partial charge in [-0.2, -0.15) is 0 Å². The minimum Gasteiger partial charge on any atom is -0.380 e. The minimum atomic E-state index is -0.435. The van der Waals surface area contributed by atoms with Crippen LogP contribution in [0, 0.1) is 0 Å². The molecular formula is C16H20N2O3S. The van der Waals surface area contributed by atoms with Gasteiger partial charge in [-0.15, -0.1) is 11.3 Å². The Labute approximate surface area is 134 Å². The first-order valence-corrected chi connectivity index (χ1v) is 8.32. The molecule has 1 aromatic heterocycles. The lowest BCUT2D eigenvalue weighted by Gasteiger charge is -2.32. The van der Waals surface area contributed by atoms with Crippen molar-refractivity contribution in [1.29, 1.82) is 0 Å². The van der Waals surface area contributed by atoms with E-state index in [1.807, 2.05) is 4.90 Å². The molecule has 2 aliphatic rings. The zero-order valence-corrected chi connectivity index (χ0v) is 13.5. The molecule has 2 aliphatic heterocycles. The van der Waals surface area contributed by atoms with E-state index < -0.39 is 6.04 Å². The molecule has 0 radical (unpaired) electrons. The third-order valence-corrected chi connectivity index (χ3v) is 5.48. The van der Waals surface area contributed by atoms with Crippen LogP contribution in [0.3, 0.4) is 0 Å². The van der Waals surface area contributed by atoms with Gasteiger partial charge >= 0.3 is 0 Å². The van der Waals surface area contributed by atoms with Crippen LogP contribution in [-0.2, 0) is 27.3 Å². The Hall–Kier alpha value is -1.66. The molecule has 3 heterocycles. The summed E-state index contributed by atoms with van der Waals surface area (Å²) in [6, 6.07) is 1.65. The van der Waals surface area contributed by atoms with Crippen LogP contribution in [0.15, 0.2) is 24.1 Å². The van der Waals surface area contributed by atoms with Crippen LogP contribution >= 0.6 is 11.3 Å². The van der Waals surface area contributed by atoms with Gasteiger partial charge in [0, 0.05) is 38.0 Å². The molecule has 6 heteroatoms. The van der Waals surface area contributed by atoms with Gasteiger partial charge in [0.25, 0.3) is 0 Å². The third-order valence-electron chi connectivity index (χ3n) is 4.46. The van der Waals surface area contributed by atoms with Gasteiger partial charge in [-0.1, -0.05) is 6.58 Å². The topological polar surface area (TPSA) is 49.9 Å². The van der Waals surface area contributed by atoms with Gasteiger partial charge in [0.05, 0.1) is 6.10 Å². The second-order valence-corrected chi connectivity index (χ2v) is 6.68. The lowest BCUT2D eigenvalue weighted by molar-refractivity contribution is -0.142. The van der Waals surface area contributed by atoms with Crippen LogP contribution in [0.1, 0.15) is 16.9 Å². The highest BCUT2D eigenvalue weighted by Gasteiger charge is 2.41. The molecule has 2 atom stereocenters. The average molecular weight is 320 g/mol. The number of carbonyl (C=O) groups excluding carboxylic acids is 2. The highest BCUT2D eigenvalue weighted by atomic mass is 32.1. The van der Waals surface area contributed by atoms with Crippen molar-refractivity contribution >= 4 is 23.2 Å². The van der Waals surface area contributed by atoms with Gasteiger partial charge in [0.15, 0.2) is 0 Å². The van der Waals surface area contributed by atoms with Crippen molar-refractivity contribution in [3.05, 3.63) is 34.5 Å². The highest BCUT2D eigenvalue weighted by molar-refractivity contribution is 7.10. The lowest BCUT2D eigenvalue weighted by Crippen LogP contribution is -2.48. The molecule has 2 amide bonds. The monoisotopic (exact) mass is 320 g/mol. The molecule has 118 valence electrons. The SMILES string of the molecule is C=CC(=O)N1C[C@@H](OC)C[C@H]1C(=O)N1CCc2sccc2C1. The van der Waals surface area contributed by atoms with E-state index >= 15 is 0 Å². The number of rotatable bonds is 3. The summed E-state index contributed by atoms with van der Waals surface area (Å²) in [5.41, 5.74) is 1.23. The van der Waals surface area contributed by atoms with Crippen molar-refractivity contribution in [2.45, 2.75) is 31.5 Å². The summed E-state index contributed by atoms with van der Waals surface area (Å²) in [5.74, 6) is -0.183. The van der Waals surface area contributed by atoms with Gasteiger partial charge < -0.3 is 14.5 Å². The lowest BCUT2D eigenvalue weighted by atomic mass is 10.1. The van der Waals surface area contributed by atoms with Gasteiger partial charge in [-0.3, -0.25) is 9.59 Å². The Bertz CT molecular complexity index is 598. The van der Waals surface area contributed by atoms with Crippen LogP contribution in [0.5, 0.6) is 0 Å². The van der Waals surface area contributed by atoms with E-state index in [0.29, 0.717) is 19.5 Å². The van der Waals surface area contributed by atoms with Crippen molar-refractivity contribution in [3.63, 3.8) is 0 Å². The number of hydrogen-bond acceptors (Lipinski definition) is 4. The largest absolute Gasteiger partial charge is 0.380 e. The van der Waals surface area contributed by atoms with Crippen LogP contribution in [0.2, 0.25) is 0 Å². The van der Waals surface area contributed by atoms with Crippen LogP contribution in [-0.4, -0.2) is 54.0 Å². The van der Waals surface area contributed by atoms with Crippen LogP contribution < -0.4 is 0 Å². The number of methoxy groups -OCH3 is 1. The number of fused-ring (bicyclic) bond motifs is 1. The molecule has 22 heavy (non-hydrogen) atoms. The maximum atomic E-state index is 12.9. The molecule has 0 saturated carbocycles. The van der Waals surface area contributed by atoms with Gasteiger partial charge in [-0.05, 0) is 29.5 Å². The maximum Gasteiger partial charge on any atom is 0.246 e. The van der Waals surface area contributed by atoms with E-state index in [2.05, 4.69) is 18.0 Å². The summed E-state index contributed by atoms with van der Waals surface area (Å²) in [5, 5.41) is 2.07. The Morgan fingerprint density at radius 3 is 3.05 bits per heavy atom. The van der Waals surface area contributed by atoms with E-state index in [1.165, 1.54) is 16.5 Å². The van der Waals surface area contributed by atoms with Gasteiger partial charge in [0.2, 0.25) is 11.8 Å². The second kappa shape index (κ2) is 6.22. The molecule has 0 aromatic carbocycles. The van der Waals surface area contributed by atoms with Crippen LogP contribution in [0.25, 0.3) is 0 Å². The Kier molecular flexibility index (Phi) is 4.31. The summed E-state index contributed by atoms with van der Waals surface area (Å²) in [7, 11) is 1.62. The zero-order chi connectivity index (χ0) is 15.7. The number of hydrogen-bond donors (Lipinski definition) is 0. The Balaban J connectivity index is 1.75. The molecule has 0 aliphatic carbocycles. The number of thiophene rings is 1. The summed E-state index contributed by atoms with van der Waals surface area (Å²) in [4.78, 5) is 29.7. The predicted molar refractivity (Wildman–Crippen MR) is 84.6 cm³/mol. The quantitative estimate of drug-likeness (QED) is 0.792. The third kappa shape index (κ3) is 2.68. The maximum absolute atomic E-state index is 12.9. The van der Waals surface area contributed by atoms with Crippen LogP contribution in [0.4, 0.5) is 0 Å². The Morgan fingerprint density at radius 2 is 2.32 bits per heavy atom. The van der Waals surface area contributed by atoms with E-state index in [0.717, 1.165) is 13.0 Å². The molecule has 3 rings (SSSR count). The normalized spacial score (nSPS) is 24.2. The Morgan fingerprint density at radius 1 is 1.50 bits per heavy atom. The van der Waals surface area contributed by atoms with Crippen molar-refractivity contribution in [3.8, 4) is 0 Å². The van der Waals surface area contributed by atoms with Gasteiger partial charge in [0.1, 0.15) is 6.04 Å². The second-order valence-electron chi connectivity index (χ2n) is 5.68. The number of carbonyl (C=O) groups is 2. The molecule has 0 spiro atoms. The first-order valence-electron chi connectivity index (χ1n) is 7.44. The fourth-order valence-corrected chi connectivity index (χ4v) is 4.10. The van der Waals surface area contributed by atoms with Gasteiger partial charge in [-0.25, -0.2) is 0 Å².